The fourth-order valence-electron chi connectivity index (χ4n) is 1.16. The van der Waals surface area contributed by atoms with Gasteiger partial charge in [-0.2, -0.15) is 0 Å². The van der Waals surface area contributed by atoms with Crippen molar-refractivity contribution < 1.29 is 9.53 Å². The molecule has 0 spiro atoms. The topological polar surface area (TPSA) is 64.3 Å². The fourth-order valence-corrected chi connectivity index (χ4v) is 1.16. The summed E-state index contributed by atoms with van der Waals surface area (Å²) < 4.78 is 4.94. The Morgan fingerprint density at radius 2 is 2.06 bits per heavy atom. The number of carbonyl (C=O) groups is 1. The highest BCUT2D eigenvalue weighted by molar-refractivity contribution is 5.85. The molecular formula is C12H19ClN2O2. The van der Waals surface area contributed by atoms with Crippen LogP contribution in [-0.4, -0.2) is 18.7 Å². The van der Waals surface area contributed by atoms with Crippen LogP contribution in [-0.2, 0) is 11.3 Å². The Bertz CT molecular complexity index is 318. The molecule has 0 aliphatic carbocycles. The molecule has 0 heterocycles. The number of carbonyl (C=O) groups excluding carboxylic acids is 1. The van der Waals surface area contributed by atoms with Crippen LogP contribution in [0.25, 0.3) is 0 Å². The lowest BCUT2D eigenvalue weighted by molar-refractivity contribution is 0.142. The summed E-state index contributed by atoms with van der Waals surface area (Å²) in [4.78, 5) is 11.2. The van der Waals surface area contributed by atoms with Gasteiger partial charge in [-0.3, -0.25) is 0 Å². The van der Waals surface area contributed by atoms with Crippen LogP contribution in [0.1, 0.15) is 18.9 Å². The van der Waals surface area contributed by atoms with Gasteiger partial charge >= 0.3 is 6.09 Å². The Morgan fingerprint density at radius 1 is 1.41 bits per heavy atom. The quantitative estimate of drug-likeness (QED) is 0.850. The van der Waals surface area contributed by atoms with Gasteiger partial charge in [0.2, 0.25) is 0 Å². The van der Waals surface area contributed by atoms with Crippen molar-refractivity contribution in [3.8, 4) is 0 Å². The average molecular weight is 259 g/mol. The molecule has 0 radical (unpaired) electrons. The third kappa shape index (κ3) is 7.60. The molecule has 4 nitrogen and oxygen atoms in total. The van der Waals surface area contributed by atoms with E-state index in [-0.39, 0.29) is 18.4 Å². The first-order chi connectivity index (χ1) is 7.68. The van der Waals surface area contributed by atoms with Crippen molar-refractivity contribution in [2.45, 2.75) is 25.9 Å². The Labute approximate surface area is 108 Å². The van der Waals surface area contributed by atoms with Gasteiger partial charge < -0.3 is 15.8 Å². The number of benzene rings is 1. The standard InChI is InChI=1S/C12H18N2O2.ClH/c1-10(13)7-8-16-12(15)14-9-11-5-3-2-4-6-11;/h2-6,10H,7-9,13H2,1H3,(H,14,15);1H/t10-;/m1./s1. The molecule has 1 rings (SSSR count). The number of rotatable bonds is 5. The SMILES string of the molecule is C[C@@H](N)CCOC(=O)NCc1ccccc1.Cl. The zero-order valence-corrected chi connectivity index (χ0v) is 10.7. The lowest BCUT2D eigenvalue weighted by Crippen LogP contribution is -2.26. The number of hydrogen-bond donors (Lipinski definition) is 2. The van der Waals surface area contributed by atoms with Crippen LogP contribution in [0.15, 0.2) is 30.3 Å². The molecule has 0 bridgehead atoms. The second kappa shape index (κ2) is 8.84. The van der Waals surface area contributed by atoms with E-state index in [9.17, 15) is 4.79 Å². The fraction of sp³-hybridized carbons (Fsp3) is 0.417. The van der Waals surface area contributed by atoms with E-state index in [0.29, 0.717) is 19.6 Å². The van der Waals surface area contributed by atoms with Crippen molar-refractivity contribution >= 4 is 18.5 Å². The summed E-state index contributed by atoms with van der Waals surface area (Å²) in [6.07, 6.45) is 0.281. The number of nitrogens with one attached hydrogen (secondary N) is 1. The maximum absolute atomic E-state index is 11.2. The lowest BCUT2D eigenvalue weighted by Gasteiger charge is -2.08. The largest absolute Gasteiger partial charge is 0.449 e. The second-order valence-corrected chi connectivity index (χ2v) is 3.74. The van der Waals surface area contributed by atoms with Crippen molar-refractivity contribution in [2.24, 2.45) is 5.73 Å². The first kappa shape index (κ1) is 15.7. The van der Waals surface area contributed by atoms with Crippen LogP contribution in [0.5, 0.6) is 0 Å². The monoisotopic (exact) mass is 258 g/mol. The first-order valence-electron chi connectivity index (χ1n) is 5.38. The molecule has 1 aromatic rings. The summed E-state index contributed by atoms with van der Waals surface area (Å²) in [6, 6.07) is 9.74. The predicted octanol–water partition coefficient (Wildman–Crippen LogP) is 2.07. The van der Waals surface area contributed by atoms with Gasteiger partial charge in [0.25, 0.3) is 0 Å². The Balaban J connectivity index is 0.00000256. The zero-order valence-electron chi connectivity index (χ0n) is 9.89. The van der Waals surface area contributed by atoms with Crippen LogP contribution in [0.4, 0.5) is 4.79 Å². The first-order valence-corrected chi connectivity index (χ1v) is 5.38. The van der Waals surface area contributed by atoms with E-state index in [2.05, 4.69) is 5.32 Å². The van der Waals surface area contributed by atoms with Crippen LogP contribution in [0, 0.1) is 0 Å². The Hall–Kier alpha value is -1.26. The van der Waals surface area contributed by atoms with Crippen molar-refractivity contribution in [1.82, 2.24) is 5.32 Å². The number of hydrogen-bond acceptors (Lipinski definition) is 3. The summed E-state index contributed by atoms with van der Waals surface area (Å²) in [5, 5.41) is 2.67. The smallest absolute Gasteiger partial charge is 0.407 e. The molecule has 0 aromatic heterocycles. The lowest BCUT2D eigenvalue weighted by atomic mass is 10.2. The molecular weight excluding hydrogens is 240 g/mol. The minimum atomic E-state index is -0.399. The van der Waals surface area contributed by atoms with Crippen molar-refractivity contribution in [3.63, 3.8) is 0 Å². The highest BCUT2D eigenvalue weighted by Gasteiger charge is 2.02. The number of nitrogens with two attached hydrogens (primary N) is 1. The number of alkyl carbamates (subject to hydrolysis) is 1. The molecule has 0 aliphatic rings. The van der Waals surface area contributed by atoms with Gasteiger partial charge in [-0.15, -0.1) is 12.4 Å². The highest BCUT2D eigenvalue weighted by atomic mass is 35.5. The van der Waals surface area contributed by atoms with Gasteiger partial charge in [0, 0.05) is 12.6 Å². The minimum Gasteiger partial charge on any atom is -0.449 e. The zero-order chi connectivity index (χ0) is 11.8. The van der Waals surface area contributed by atoms with E-state index in [0.717, 1.165) is 5.56 Å². The highest BCUT2D eigenvalue weighted by Crippen LogP contribution is 1.97. The van der Waals surface area contributed by atoms with E-state index in [4.69, 9.17) is 10.5 Å². The van der Waals surface area contributed by atoms with E-state index in [1.807, 2.05) is 37.3 Å². The minimum absolute atomic E-state index is 0. The summed E-state index contributed by atoms with van der Waals surface area (Å²) in [5.74, 6) is 0. The molecule has 96 valence electrons. The van der Waals surface area contributed by atoms with Gasteiger partial charge in [0.15, 0.2) is 0 Å². The van der Waals surface area contributed by atoms with Crippen LogP contribution >= 0.6 is 12.4 Å². The van der Waals surface area contributed by atoms with Crippen molar-refractivity contribution in [3.05, 3.63) is 35.9 Å². The van der Waals surface area contributed by atoms with Gasteiger partial charge in [0.1, 0.15) is 0 Å². The molecule has 0 unspecified atom stereocenters. The van der Waals surface area contributed by atoms with Gasteiger partial charge in [-0.25, -0.2) is 4.79 Å². The van der Waals surface area contributed by atoms with E-state index in [1.54, 1.807) is 0 Å². The van der Waals surface area contributed by atoms with Crippen LogP contribution < -0.4 is 11.1 Å². The molecule has 0 saturated heterocycles. The average Bonchev–Trinajstić information content (AvgIpc) is 2.27. The Morgan fingerprint density at radius 3 is 2.65 bits per heavy atom. The maximum Gasteiger partial charge on any atom is 0.407 e. The number of amides is 1. The predicted molar refractivity (Wildman–Crippen MR) is 70.1 cm³/mol. The molecule has 0 saturated carbocycles. The summed E-state index contributed by atoms with van der Waals surface area (Å²) in [7, 11) is 0. The van der Waals surface area contributed by atoms with Gasteiger partial charge in [0.05, 0.1) is 6.61 Å². The molecule has 0 fully saturated rings. The van der Waals surface area contributed by atoms with Crippen LogP contribution in [0.3, 0.4) is 0 Å². The molecule has 1 atom stereocenters. The maximum atomic E-state index is 11.2. The van der Waals surface area contributed by atoms with Gasteiger partial charge in [-0.1, -0.05) is 30.3 Å². The second-order valence-electron chi connectivity index (χ2n) is 3.74. The molecule has 3 N–H and O–H groups in total. The molecule has 0 aliphatic heterocycles. The number of halogens is 1. The third-order valence-corrected chi connectivity index (χ3v) is 2.09. The molecule has 5 heteroatoms. The summed E-state index contributed by atoms with van der Waals surface area (Å²) in [6.45, 7) is 2.72. The molecule has 17 heavy (non-hydrogen) atoms. The summed E-state index contributed by atoms with van der Waals surface area (Å²) >= 11 is 0. The van der Waals surface area contributed by atoms with Crippen LogP contribution in [0.2, 0.25) is 0 Å². The van der Waals surface area contributed by atoms with E-state index in [1.165, 1.54) is 0 Å². The van der Waals surface area contributed by atoms with Crippen molar-refractivity contribution in [1.29, 1.82) is 0 Å². The summed E-state index contributed by atoms with van der Waals surface area (Å²) in [5.41, 5.74) is 6.58. The van der Waals surface area contributed by atoms with Crippen molar-refractivity contribution in [2.75, 3.05) is 6.61 Å². The normalized spacial score (nSPS) is 11.2. The van der Waals surface area contributed by atoms with Gasteiger partial charge in [-0.05, 0) is 18.9 Å². The third-order valence-electron chi connectivity index (χ3n) is 2.09. The molecule has 1 aromatic carbocycles. The molecule has 1 amide bonds. The Kier molecular flexibility index (Phi) is 8.19. The number of ether oxygens (including phenoxy) is 1. The van der Waals surface area contributed by atoms with E-state index < -0.39 is 6.09 Å². The van der Waals surface area contributed by atoms with E-state index >= 15 is 0 Å².